The third-order valence-electron chi connectivity index (χ3n) is 3.50. The lowest BCUT2D eigenvalue weighted by atomic mass is 10.2. The molecule has 26 heavy (non-hydrogen) atoms. The number of carbonyl (C=O) groups is 3. The molecule has 0 saturated heterocycles. The van der Waals surface area contributed by atoms with E-state index in [-0.39, 0.29) is 5.56 Å². The van der Waals surface area contributed by atoms with Crippen molar-refractivity contribution in [3.05, 3.63) is 65.5 Å². The Labute approximate surface area is 150 Å². The largest absolute Gasteiger partial charge is 0.451 e. The minimum absolute atomic E-state index is 0.212. The van der Waals surface area contributed by atoms with Crippen LogP contribution in [0.5, 0.6) is 0 Å². The van der Waals surface area contributed by atoms with Crippen LogP contribution in [0.25, 0.3) is 0 Å². The zero-order valence-corrected chi connectivity index (χ0v) is 14.4. The first kappa shape index (κ1) is 19.1. The predicted molar refractivity (Wildman–Crippen MR) is 94.1 cm³/mol. The van der Waals surface area contributed by atoms with Crippen LogP contribution >= 0.6 is 0 Å². The number of benzene rings is 2. The average Bonchev–Trinajstić information content (AvgIpc) is 2.62. The molecule has 0 radical (unpaired) electrons. The summed E-state index contributed by atoms with van der Waals surface area (Å²) < 4.78 is 17.8. The van der Waals surface area contributed by atoms with Crippen molar-refractivity contribution >= 4 is 23.5 Å². The number of amides is 2. The standard InChI is InChI=1S/C19H19FN2O4/c1-12-3-9-16(10-4-12)22-18(24)13(2)26-17(23)11-21-19(25)14-5-7-15(20)8-6-14/h3-10,13H,11H2,1-2H3,(H,21,25)(H,22,24)/t13-/m1/s1. The Balaban J connectivity index is 1.79. The van der Waals surface area contributed by atoms with Crippen molar-refractivity contribution in [3.8, 4) is 0 Å². The highest BCUT2D eigenvalue weighted by Crippen LogP contribution is 2.09. The van der Waals surface area contributed by atoms with Crippen molar-refractivity contribution in [1.29, 1.82) is 0 Å². The van der Waals surface area contributed by atoms with Crippen molar-refractivity contribution in [3.63, 3.8) is 0 Å². The van der Waals surface area contributed by atoms with Gasteiger partial charge in [-0.2, -0.15) is 0 Å². The van der Waals surface area contributed by atoms with E-state index in [0.717, 1.165) is 17.7 Å². The van der Waals surface area contributed by atoms with Gasteiger partial charge in [0, 0.05) is 11.3 Å². The Bertz CT molecular complexity index is 788. The number of ether oxygens (including phenoxy) is 1. The van der Waals surface area contributed by atoms with E-state index in [9.17, 15) is 18.8 Å². The normalized spacial score (nSPS) is 11.3. The molecule has 136 valence electrons. The molecule has 7 heteroatoms. The lowest BCUT2D eigenvalue weighted by Crippen LogP contribution is -2.35. The van der Waals surface area contributed by atoms with Gasteiger partial charge in [0.2, 0.25) is 0 Å². The van der Waals surface area contributed by atoms with Gasteiger partial charge in [0.15, 0.2) is 6.10 Å². The summed E-state index contributed by atoms with van der Waals surface area (Å²) in [5.41, 5.74) is 1.86. The second-order valence-electron chi connectivity index (χ2n) is 5.68. The number of esters is 1. The van der Waals surface area contributed by atoms with Crippen LogP contribution in [0.1, 0.15) is 22.8 Å². The predicted octanol–water partition coefficient (Wildman–Crippen LogP) is 2.43. The Morgan fingerprint density at radius 2 is 1.65 bits per heavy atom. The third kappa shape index (κ3) is 5.70. The summed E-state index contributed by atoms with van der Waals surface area (Å²) >= 11 is 0. The van der Waals surface area contributed by atoms with Crippen LogP contribution in [-0.4, -0.2) is 30.4 Å². The lowest BCUT2D eigenvalue weighted by molar-refractivity contribution is -0.152. The quantitative estimate of drug-likeness (QED) is 0.777. The molecule has 0 aliphatic rings. The van der Waals surface area contributed by atoms with Crippen molar-refractivity contribution in [1.82, 2.24) is 5.32 Å². The highest BCUT2D eigenvalue weighted by Gasteiger charge is 2.18. The highest BCUT2D eigenvalue weighted by molar-refractivity contribution is 5.97. The van der Waals surface area contributed by atoms with Crippen LogP contribution < -0.4 is 10.6 Å². The Morgan fingerprint density at radius 1 is 1.04 bits per heavy atom. The van der Waals surface area contributed by atoms with Crippen LogP contribution in [0.15, 0.2) is 48.5 Å². The first-order chi connectivity index (χ1) is 12.3. The molecule has 0 spiro atoms. The van der Waals surface area contributed by atoms with E-state index in [4.69, 9.17) is 4.74 Å². The second-order valence-corrected chi connectivity index (χ2v) is 5.68. The van der Waals surface area contributed by atoms with E-state index >= 15 is 0 Å². The SMILES string of the molecule is Cc1ccc(NC(=O)[C@@H](C)OC(=O)CNC(=O)c2ccc(F)cc2)cc1. The molecule has 6 nitrogen and oxygen atoms in total. The van der Waals surface area contributed by atoms with Crippen molar-refractivity contribution in [2.24, 2.45) is 0 Å². The zero-order valence-electron chi connectivity index (χ0n) is 14.4. The van der Waals surface area contributed by atoms with E-state index in [1.54, 1.807) is 12.1 Å². The van der Waals surface area contributed by atoms with Crippen molar-refractivity contribution in [2.75, 3.05) is 11.9 Å². The number of anilines is 1. The molecule has 2 aromatic carbocycles. The number of halogens is 1. The molecule has 2 rings (SSSR count). The van der Waals surface area contributed by atoms with E-state index in [1.165, 1.54) is 19.1 Å². The van der Waals surface area contributed by atoms with Crippen LogP contribution in [-0.2, 0) is 14.3 Å². The van der Waals surface area contributed by atoms with Crippen LogP contribution in [0.3, 0.4) is 0 Å². The zero-order chi connectivity index (χ0) is 19.1. The molecule has 2 aromatic rings. The molecule has 0 fully saturated rings. The number of nitrogens with one attached hydrogen (secondary N) is 2. The summed E-state index contributed by atoms with van der Waals surface area (Å²) in [6, 6.07) is 12.1. The van der Waals surface area contributed by atoms with Gasteiger partial charge in [-0.15, -0.1) is 0 Å². The van der Waals surface area contributed by atoms with Gasteiger partial charge < -0.3 is 15.4 Å². The number of aryl methyl sites for hydroxylation is 1. The fourth-order valence-corrected chi connectivity index (χ4v) is 2.03. The first-order valence-corrected chi connectivity index (χ1v) is 7.96. The summed E-state index contributed by atoms with van der Waals surface area (Å²) in [6.07, 6.45) is -1.02. The lowest BCUT2D eigenvalue weighted by Gasteiger charge is -2.14. The summed E-state index contributed by atoms with van der Waals surface area (Å²) in [5.74, 6) is -2.24. The molecule has 0 aliphatic carbocycles. The molecule has 2 N–H and O–H groups in total. The van der Waals surface area contributed by atoms with Gasteiger partial charge in [0.1, 0.15) is 12.4 Å². The number of hydrogen-bond acceptors (Lipinski definition) is 4. The number of hydrogen-bond donors (Lipinski definition) is 2. The average molecular weight is 358 g/mol. The fourth-order valence-electron chi connectivity index (χ4n) is 2.03. The monoisotopic (exact) mass is 358 g/mol. The Kier molecular flexibility index (Phi) is 6.43. The third-order valence-corrected chi connectivity index (χ3v) is 3.50. The maximum absolute atomic E-state index is 12.8. The van der Waals surface area contributed by atoms with Crippen molar-refractivity contribution in [2.45, 2.75) is 20.0 Å². The van der Waals surface area contributed by atoms with E-state index in [1.807, 2.05) is 19.1 Å². The van der Waals surface area contributed by atoms with E-state index in [2.05, 4.69) is 10.6 Å². The molecule has 1 atom stereocenters. The molecule has 0 heterocycles. The first-order valence-electron chi connectivity index (χ1n) is 7.96. The molecular formula is C19H19FN2O4. The van der Waals surface area contributed by atoms with Gasteiger partial charge in [-0.3, -0.25) is 14.4 Å². The van der Waals surface area contributed by atoms with Crippen LogP contribution in [0.4, 0.5) is 10.1 Å². The molecule has 0 saturated carbocycles. The maximum atomic E-state index is 12.8. The van der Waals surface area contributed by atoms with Crippen molar-refractivity contribution < 1.29 is 23.5 Å². The summed E-state index contributed by atoms with van der Waals surface area (Å²) in [7, 11) is 0. The van der Waals surface area contributed by atoms with Gasteiger partial charge in [-0.1, -0.05) is 17.7 Å². The Morgan fingerprint density at radius 3 is 2.27 bits per heavy atom. The van der Waals surface area contributed by atoms with Gasteiger partial charge in [0.25, 0.3) is 11.8 Å². The smallest absolute Gasteiger partial charge is 0.326 e. The maximum Gasteiger partial charge on any atom is 0.326 e. The van der Waals surface area contributed by atoms with Gasteiger partial charge in [-0.05, 0) is 50.2 Å². The van der Waals surface area contributed by atoms with Crippen LogP contribution in [0.2, 0.25) is 0 Å². The number of carbonyl (C=O) groups excluding carboxylic acids is 3. The number of rotatable bonds is 6. The summed E-state index contributed by atoms with van der Waals surface area (Å²) in [6.45, 7) is 2.96. The Hall–Kier alpha value is -3.22. The van der Waals surface area contributed by atoms with Crippen LogP contribution in [0, 0.1) is 12.7 Å². The minimum atomic E-state index is -1.02. The fraction of sp³-hybridized carbons (Fsp3) is 0.211. The second kappa shape index (κ2) is 8.75. The molecule has 0 bridgehead atoms. The van der Waals surface area contributed by atoms with E-state index in [0.29, 0.717) is 5.69 Å². The highest BCUT2D eigenvalue weighted by atomic mass is 19.1. The summed E-state index contributed by atoms with van der Waals surface area (Å²) in [4.78, 5) is 35.6. The molecular weight excluding hydrogens is 339 g/mol. The topological polar surface area (TPSA) is 84.5 Å². The van der Waals surface area contributed by atoms with Gasteiger partial charge in [-0.25, -0.2) is 4.39 Å². The summed E-state index contributed by atoms with van der Waals surface area (Å²) in [5, 5.41) is 4.98. The van der Waals surface area contributed by atoms with Gasteiger partial charge >= 0.3 is 5.97 Å². The molecule has 0 aliphatic heterocycles. The van der Waals surface area contributed by atoms with E-state index < -0.39 is 36.2 Å². The van der Waals surface area contributed by atoms with Gasteiger partial charge in [0.05, 0.1) is 0 Å². The molecule has 2 amide bonds. The molecule has 0 aromatic heterocycles. The minimum Gasteiger partial charge on any atom is -0.451 e. The molecule has 0 unspecified atom stereocenters.